The van der Waals surface area contributed by atoms with Gasteiger partial charge in [0.2, 0.25) is 5.95 Å². The molecule has 4 rings (SSSR count). The van der Waals surface area contributed by atoms with Crippen molar-refractivity contribution in [1.29, 1.82) is 0 Å². The highest BCUT2D eigenvalue weighted by Gasteiger charge is 2.43. The Hall–Kier alpha value is -3.32. The van der Waals surface area contributed by atoms with Crippen LogP contribution < -0.4 is 15.9 Å². The van der Waals surface area contributed by atoms with Gasteiger partial charge in [0.15, 0.2) is 17.8 Å². The third kappa shape index (κ3) is 7.54. The fraction of sp³-hybridized carbons (Fsp3) is 0.545. The number of rotatable bonds is 8. The summed E-state index contributed by atoms with van der Waals surface area (Å²) in [7, 11) is 0. The average molecular weight is 637 g/mol. The maximum atomic E-state index is 13.3. The lowest BCUT2D eigenvalue weighted by Gasteiger charge is -2.35. The fourth-order valence-corrected chi connectivity index (χ4v) is 4.27. The van der Waals surface area contributed by atoms with E-state index in [9.17, 15) is 49.4 Å². The molecule has 1 unspecified atom stereocenters. The lowest BCUT2D eigenvalue weighted by Crippen LogP contribution is -2.57. The minimum absolute atomic E-state index is 0.0542. The zero-order chi connectivity index (χ0) is 31.0. The lowest BCUT2D eigenvalue weighted by molar-refractivity contribution is -0.207. The molecule has 0 amide bonds. The van der Waals surface area contributed by atoms with Gasteiger partial charge in [0.05, 0.1) is 19.5 Å². The molecule has 1 aromatic carbocycles. The van der Waals surface area contributed by atoms with Gasteiger partial charge in [-0.3, -0.25) is 4.57 Å². The summed E-state index contributed by atoms with van der Waals surface area (Å²) in [6, 6.07) is 3.47. The minimum atomic E-state index is -5.08. The summed E-state index contributed by atoms with van der Waals surface area (Å²) in [5, 5.41) is 20.1. The first-order chi connectivity index (χ1) is 19.4. The topological polar surface area (TPSA) is 106 Å². The van der Waals surface area contributed by atoms with Crippen molar-refractivity contribution in [1.82, 2.24) is 34.4 Å². The molecule has 2 aromatic heterocycles. The Labute approximate surface area is 235 Å². The highest BCUT2D eigenvalue weighted by molar-refractivity contribution is 6.30. The molecule has 0 aliphatic carbocycles. The van der Waals surface area contributed by atoms with E-state index in [1.807, 2.05) is 0 Å². The number of piperazine rings is 1. The summed E-state index contributed by atoms with van der Waals surface area (Å²) in [4.78, 5) is 18.3. The molecule has 0 radical (unpaired) electrons. The second kappa shape index (κ2) is 11.8. The fourth-order valence-electron chi connectivity index (χ4n) is 4.15. The normalized spacial score (nSPS) is 17.6. The van der Waals surface area contributed by atoms with E-state index in [0.717, 1.165) is 9.58 Å². The monoisotopic (exact) mass is 636 g/mol. The van der Waals surface area contributed by atoms with Crippen molar-refractivity contribution in [2.45, 2.75) is 56.7 Å². The molecule has 0 saturated carbocycles. The van der Waals surface area contributed by atoms with Crippen LogP contribution in [-0.4, -0.2) is 84.5 Å². The molecule has 232 valence electrons. The number of nitrogens with one attached hydrogen (secondary N) is 1. The molecule has 3 aromatic rings. The van der Waals surface area contributed by atoms with Crippen LogP contribution in [0, 0.1) is 0 Å². The summed E-state index contributed by atoms with van der Waals surface area (Å²) in [6.07, 6.45) is -18.7. The average Bonchev–Trinajstić information content (AvgIpc) is 3.43. The zero-order valence-electron chi connectivity index (χ0n) is 21.2. The molecule has 1 saturated heterocycles. The maximum absolute atomic E-state index is 13.3. The van der Waals surface area contributed by atoms with Crippen molar-refractivity contribution in [2.75, 3.05) is 24.5 Å². The molecule has 42 heavy (non-hydrogen) atoms. The van der Waals surface area contributed by atoms with Crippen molar-refractivity contribution in [3.05, 3.63) is 45.6 Å². The summed E-state index contributed by atoms with van der Waals surface area (Å²) in [6.45, 7) is -3.60. The first-order valence-corrected chi connectivity index (χ1v) is 12.5. The van der Waals surface area contributed by atoms with E-state index >= 15 is 0 Å². The molecule has 0 spiro atoms. The van der Waals surface area contributed by atoms with E-state index in [4.69, 9.17) is 11.6 Å². The molecule has 0 bridgehead atoms. The number of nitrogens with zero attached hydrogens (tertiary/aromatic N) is 7. The van der Waals surface area contributed by atoms with Crippen LogP contribution in [0.3, 0.4) is 0 Å². The van der Waals surface area contributed by atoms with Crippen LogP contribution in [0.4, 0.5) is 45.5 Å². The largest absolute Gasteiger partial charge is 0.416 e. The summed E-state index contributed by atoms with van der Waals surface area (Å²) in [5.41, 5.74) is -0.997. The number of aromatic nitrogens is 6. The Morgan fingerprint density at radius 1 is 1.02 bits per heavy atom. The second-order valence-corrected chi connectivity index (χ2v) is 9.79. The third-order valence-corrected chi connectivity index (χ3v) is 6.46. The Morgan fingerprint density at radius 3 is 2.29 bits per heavy atom. The van der Waals surface area contributed by atoms with Gasteiger partial charge in [0.25, 0.3) is 0 Å². The quantitative estimate of drug-likeness (QED) is 0.366. The van der Waals surface area contributed by atoms with Gasteiger partial charge in [0, 0.05) is 30.2 Å². The van der Waals surface area contributed by atoms with Crippen LogP contribution >= 0.6 is 11.6 Å². The van der Waals surface area contributed by atoms with Gasteiger partial charge in [-0.2, -0.15) is 49.6 Å². The van der Waals surface area contributed by atoms with Crippen molar-refractivity contribution in [2.24, 2.45) is 0 Å². The van der Waals surface area contributed by atoms with E-state index in [1.54, 1.807) is 0 Å². The highest BCUT2D eigenvalue weighted by atomic mass is 35.5. The van der Waals surface area contributed by atoms with E-state index in [0.29, 0.717) is 9.25 Å². The molecule has 3 heterocycles. The van der Waals surface area contributed by atoms with Gasteiger partial charge < -0.3 is 15.3 Å². The Morgan fingerprint density at radius 2 is 1.69 bits per heavy atom. The Balaban J connectivity index is 1.71. The van der Waals surface area contributed by atoms with E-state index < -0.39 is 69.0 Å². The van der Waals surface area contributed by atoms with E-state index in [-0.39, 0.29) is 41.3 Å². The number of halogens is 10. The predicted molar refractivity (Wildman–Crippen MR) is 129 cm³/mol. The second-order valence-electron chi connectivity index (χ2n) is 9.35. The van der Waals surface area contributed by atoms with Gasteiger partial charge in [-0.15, -0.1) is 5.10 Å². The van der Waals surface area contributed by atoms with Gasteiger partial charge in [-0.25, -0.2) is 14.2 Å². The zero-order valence-corrected chi connectivity index (χ0v) is 21.9. The number of aliphatic hydroxyl groups is 1. The Bertz CT molecular complexity index is 1430. The summed E-state index contributed by atoms with van der Waals surface area (Å²) in [5.74, 6) is -0.949. The number of anilines is 1. The van der Waals surface area contributed by atoms with Gasteiger partial charge >= 0.3 is 24.2 Å². The molecule has 20 heteroatoms. The molecule has 1 aliphatic rings. The molecular weight excluding hydrogens is 615 g/mol. The molecule has 10 nitrogen and oxygen atoms in total. The molecule has 1 fully saturated rings. The first-order valence-electron chi connectivity index (χ1n) is 12.2. The van der Waals surface area contributed by atoms with Crippen LogP contribution in [0.15, 0.2) is 29.1 Å². The number of aliphatic hydroxyl groups excluding tert-OH is 1. The van der Waals surface area contributed by atoms with Crippen LogP contribution in [0.1, 0.15) is 12.2 Å². The third-order valence-electron chi connectivity index (χ3n) is 6.21. The predicted octanol–water partition coefficient (Wildman–Crippen LogP) is 3.22. The number of aryl methyl sites for hydroxylation is 1. The smallest absolute Gasteiger partial charge is 0.382 e. The molecular formula is C22H22ClF9N8O2. The number of hydrogen-bond acceptors (Lipinski definition) is 7. The number of benzene rings is 1. The SMILES string of the molecule is O=c1n(Cc2nc(N3CCNC(C(F)(F)F)C3)n(CCC(F)(F)F)n2)nc(-c2ccc(Cl)cc2)n1C[C@H](O)C(F)(F)F. The minimum Gasteiger partial charge on any atom is -0.382 e. The highest BCUT2D eigenvalue weighted by Crippen LogP contribution is 2.27. The number of alkyl halides is 9. The van der Waals surface area contributed by atoms with Crippen LogP contribution in [0.5, 0.6) is 0 Å². The Kier molecular flexibility index (Phi) is 8.85. The standard InChI is InChI=1S/C22H22ClF9N8O2/c23-13-3-1-12(2-4-13)17-36-40(19(42)38(17)10-15(41)22(30,31)32)11-16-34-18(39(35-16)7-5-20(24,25)26)37-8-6-33-14(9-37)21(27,28)29/h1-4,14-15,33,41H,5-11H2/t14?,15-/m0/s1. The lowest BCUT2D eigenvalue weighted by atomic mass is 10.2. The summed E-state index contributed by atoms with van der Waals surface area (Å²) >= 11 is 5.85. The number of hydrogen-bond donors (Lipinski definition) is 2. The van der Waals surface area contributed by atoms with E-state index in [2.05, 4.69) is 20.5 Å². The van der Waals surface area contributed by atoms with Crippen molar-refractivity contribution >= 4 is 17.5 Å². The van der Waals surface area contributed by atoms with Crippen LogP contribution in [-0.2, 0) is 19.6 Å². The van der Waals surface area contributed by atoms with Gasteiger partial charge in [-0.1, -0.05) is 11.6 Å². The molecule has 1 aliphatic heterocycles. The van der Waals surface area contributed by atoms with Crippen molar-refractivity contribution in [3.8, 4) is 11.4 Å². The van der Waals surface area contributed by atoms with Crippen LogP contribution in [0.2, 0.25) is 5.02 Å². The van der Waals surface area contributed by atoms with Crippen molar-refractivity contribution in [3.63, 3.8) is 0 Å². The van der Waals surface area contributed by atoms with Gasteiger partial charge in [0.1, 0.15) is 12.6 Å². The molecule has 2 atom stereocenters. The first kappa shape index (κ1) is 31.6. The van der Waals surface area contributed by atoms with Gasteiger partial charge in [-0.05, 0) is 24.3 Å². The maximum Gasteiger partial charge on any atom is 0.416 e. The van der Waals surface area contributed by atoms with Crippen molar-refractivity contribution < 1.29 is 44.6 Å². The van der Waals surface area contributed by atoms with Crippen LogP contribution in [0.25, 0.3) is 11.4 Å². The van der Waals surface area contributed by atoms with E-state index in [1.165, 1.54) is 24.3 Å². The summed E-state index contributed by atoms with van der Waals surface area (Å²) < 4.78 is 120. The molecule has 2 N–H and O–H groups in total.